The standard InChI is InChI=1S/C22H16F2N2O2S/c1-12-3-6-15(7-4-12)26-21(27)16-9-13(2)25-20(19(16)22(26)28)29-11-14-5-8-17(23)18(24)10-14/h3-10H,11H2,1-2H3. The molecule has 0 unspecified atom stereocenters. The third kappa shape index (κ3) is 3.53. The van der Waals surface area contributed by atoms with Crippen LogP contribution in [0.5, 0.6) is 0 Å². The van der Waals surface area contributed by atoms with Crippen LogP contribution in [0.2, 0.25) is 0 Å². The van der Waals surface area contributed by atoms with Crippen LogP contribution in [0.1, 0.15) is 37.5 Å². The molecule has 2 heterocycles. The number of hydrogen-bond acceptors (Lipinski definition) is 4. The quantitative estimate of drug-likeness (QED) is 0.445. The highest BCUT2D eigenvalue weighted by Gasteiger charge is 2.39. The molecule has 3 aromatic rings. The van der Waals surface area contributed by atoms with E-state index < -0.39 is 23.4 Å². The van der Waals surface area contributed by atoms with Gasteiger partial charge in [0.15, 0.2) is 11.6 Å². The topological polar surface area (TPSA) is 50.3 Å². The van der Waals surface area contributed by atoms with E-state index in [1.54, 1.807) is 25.1 Å². The molecular weight excluding hydrogens is 394 g/mol. The summed E-state index contributed by atoms with van der Waals surface area (Å²) in [5.41, 5.74) is 3.22. The van der Waals surface area contributed by atoms with Gasteiger partial charge in [0.2, 0.25) is 0 Å². The fourth-order valence-electron chi connectivity index (χ4n) is 3.16. The molecule has 29 heavy (non-hydrogen) atoms. The molecule has 0 aliphatic carbocycles. The van der Waals surface area contributed by atoms with Crippen molar-refractivity contribution in [2.45, 2.75) is 24.6 Å². The van der Waals surface area contributed by atoms with E-state index in [0.717, 1.165) is 22.6 Å². The van der Waals surface area contributed by atoms with Crippen molar-refractivity contribution in [2.75, 3.05) is 4.90 Å². The second kappa shape index (κ2) is 7.40. The number of aromatic nitrogens is 1. The number of halogens is 2. The van der Waals surface area contributed by atoms with Crippen molar-refractivity contribution in [2.24, 2.45) is 0 Å². The molecule has 0 spiro atoms. The molecule has 0 N–H and O–H groups in total. The van der Waals surface area contributed by atoms with Crippen molar-refractivity contribution in [3.63, 3.8) is 0 Å². The minimum Gasteiger partial charge on any atom is -0.268 e. The number of fused-ring (bicyclic) bond motifs is 1. The zero-order valence-corrected chi connectivity index (χ0v) is 16.5. The van der Waals surface area contributed by atoms with Crippen LogP contribution in [0.25, 0.3) is 0 Å². The van der Waals surface area contributed by atoms with E-state index in [2.05, 4.69) is 4.98 Å². The van der Waals surface area contributed by atoms with Crippen molar-refractivity contribution in [3.05, 3.63) is 88.1 Å². The van der Waals surface area contributed by atoms with E-state index in [-0.39, 0.29) is 11.3 Å². The Balaban J connectivity index is 1.68. The Bertz CT molecular complexity index is 1150. The number of imide groups is 1. The molecule has 4 nitrogen and oxygen atoms in total. The van der Waals surface area contributed by atoms with Crippen LogP contribution in [-0.2, 0) is 5.75 Å². The lowest BCUT2D eigenvalue weighted by molar-refractivity contribution is 0.0925. The molecule has 2 amide bonds. The van der Waals surface area contributed by atoms with Crippen molar-refractivity contribution < 1.29 is 18.4 Å². The van der Waals surface area contributed by atoms with Gasteiger partial charge in [0.25, 0.3) is 11.8 Å². The monoisotopic (exact) mass is 410 g/mol. The average Bonchev–Trinajstić information content (AvgIpc) is 2.94. The first-order chi connectivity index (χ1) is 13.8. The van der Waals surface area contributed by atoms with Gasteiger partial charge in [-0.05, 0) is 49.7 Å². The van der Waals surface area contributed by atoms with Crippen molar-refractivity contribution in [3.8, 4) is 0 Å². The minimum absolute atomic E-state index is 0.244. The van der Waals surface area contributed by atoms with E-state index in [1.165, 1.54) is 17.8 Å². The summed E-state index contributed by atoms with van der Waals surface area (Å²) in [6.45, 7) is 3.67. The summed E-state index contributed by atoms with van der Waals surface area (Å²) in [6.07, 6.45) is 0. The van der Waals surface area contributed by atoms with E-state index in [4.69, 9.17) is 0 Å². The third-order valence-electron chi connectivity index (χ3n) is 4.62. The molecule has 4 rings (SSSR count). The van der Waals surface area contributed by atoms with Crippen LogP contribution in [0.15, 0.2) is 53.6 Å². The van der Waals surface area contributed by atoms with Gasteiger partial charge in [-0.3, -0.25) is 9.59 Å². The Hall–Kier alpha value is -3.06. The van der Waals surface area contributed by atoms with Crippen LogP contribution >= 0.6 is 11.8 Å². The van der Waals surface area contributed by atoms with Crippen LogP contribution in [0.4, 0.5) is 14.5 Å². The molecule has 0 saturated carbocycles. The molecule has 2 aromatic carbocycles. The molecule has 7 heteroatoms. The van der Waals surface area contributed by atoms with Gasteiger partial charge in [0, 0.05) is 11.4 Å². The first-order valence-corrected chi connectivity index (χ1v) is 9.87. The highest BCUT2D eigenvalue weighted by atomic mass is 32.2. The average molecular weight is 410 g/mol. The molecule has 0 bridgehead atoms. The molecule has 0 radical (unpaired) electrons. The minimum atomic E-state index is -0.928. The number of pyridine rings is 1. The van der Waals surface area contributed by atoms with E-state index in [1.807, 2.05) is 19.1 Å². The highest BCUT2D eigenvalue weighted by molar-refractivity contribution is 7.98. The van der Waals surface area contributed by atoms with Gasteiger partial charge in [0.05, 0.1) is 16.8 Å². The molecule has 0 atom stereocenters. The number of aryl methyl sites for hydroxylation is 2. The Morgan fingerprint density at radius 2 is 1.66 bits per heavy atom. The summed E-state index contributed by atoms with van der Waals surface area (Å²) in [4.78, 5) is 31.6. The second-order valence-electron chi connectivity index (χ2n) is 6.81. The number of hydrogen-bond donors (Lipinski definition) is 0. The smallest absolute Gasteiger partial charge is 0.268 e. The van der Waals surface area contributed by atoms with Crippen molar-refractivity contribution >= 4 is 29.3 Å². The van der Waals surface area contributed by atoms with Crippen molar-refractivity contribution in [1.29, 1.82) is 0 Å². The molecule has 1 aliphatic rings. The maximum absolute atomic E-state index is 13.5. The van der Waals surface area contributed by atoms with Gasteiger partial charge in [0.1, 0.15) is 5.03 Å². The Kier molecular flexibility index (Phi) is 4.92. The van der Waals surface area contributed by atoms with Gasteiger partial charge >= 0.3 is 0 Å². The number of carbonyl (C=O) groups excluding carboxylic acids is 2. The highest BCUT2D eigenvalue weighted by Crippen LogP contribution is 2.35. The summed E-state index contributed by atoms with van der Waals surface area (Å²) in [5.74, 6) is -2.39. The Morgan fingerprint density at radius 1 is 0.931 bits per heavy atom. The molecule has 146 valence electrons. The number of rotatable bonds is 4. The second-order valence-corrected chi connectivity index (χ2v) is 7.77. The fraction of sp³-hybridized carbons (Fsp3) is 0.136. The van der Waals surface area contributed by atoms with E-state index >= 15 is 0 Å². The summed E-state index contributed by atoms with van der Waals surface area (Å²) in [7, 11) is 0. The molecule has 1 aliphatic heterocycles. The SMILES string of the molecule is Cc1ccc(N2C(=O)c3cc(C)nc(SCc4ccc(F)c(F)c4)c3C2=O)cc1. The first kappa shape index (κ1) is 19.3. The lowest BCUT2D eigenvalue weighted by atomic mass is 10.1. The number of thioether (sulfide) groups is 1. The Morgan fingerprint density at radius 3 is 2.34 bits per heavy atom. The molecule has 1 aromatic heterocycles. The maximum Gasteiger partial charge on any atom is 0.268 e. The van der Waals surface area contributed by atoms with E-state index in [9.17, 15) is 18.4 Å². The molecule has 0 fully saturated rings. The molecular formula is C22H16F2N2O2S. The normalized spacial score (nSPS) is 13.2. The predicted molar refractivity (Wildman–Crippen MR) is 107 cm³/mol. The molecule has 0 saturated heterocycles. The number of benzene rings is 2. The first-order valence-electron chi connectivity index (χ1n) is 8.89. The predicted octanol–water partition coefficient (Wildman–Crippen LogP) is 5.07. The van der Waals surface area contributed by atoms with Gasteiger partial charge in [-0.2, -0.15) is 0 Å². The summed E-state index contributed by atoms with van der Waals surface area (Å²) < 4.78 is 26.6. The summed E-state index contributed by atoms with van der Waals surface area (Å²) in [5, 5.41) is 0.401. The zero-order valence-electron chi connectivity index (χ0n) is 15.7. The van der Waals surface area contributed by atoms with Gasteiger partial charge < -0.3 is 0 Å². The Labute approximate surface area is 170 Å². The van der Waals surface area contributed by atoms with Crippen LogP contribution < -0.4 is 4.90 Å². The van der Waals surface area contributed by atoms with Crippen LogP contribution in [0.3, 0.4) is 0 Å². The van der Waals surface area contributed by atoms with Crippen LogP contribution in [0, 0.1) is 25.5 Å². The fourth-order valence-corrected chi connectivity index (χ4v) is 4.19. The van der Waals surface area contributed by atoms with Crippen molar-refractivity contribution in [1.82, 2.24) is 4.98 Å². The van der Waals surface area contributed by atoms with Gasteiger partial charge in [-0.1, -0.05) is 23.8 Å². The van der Waals surface area contributed by atoms with Gasteiger partial charge in [-0.25, -0.2) is 18.7 Å². The summed E-state index contributed by atoms with van der Waals surface area (Å²) >= 11 is 1.21. The third-order valence-corrected chi connectivity index (χ3v) is 5.66. The van der Waals surface area contributed by atoms with Crippen LogP contribution in [-0.4, -0.2) is 16.8 Å². The summed E-state index contributed by atoms with van der Waals surface area (Å²) in [6, 6.07) is 12.4. The van der Waals surface area contributed by atoms with Gasteiger partial charge in [-0.15, -0.1) is 11.8 Å². The number of amides is 2. The van der Waals surface area contributed by atoms with E-state index in [0.29, 0.717) is 27.5 Å². The number of carbonyl (C=O) groups is 2. The number of anilines is 1. The lowest BCUT2D eigenvalue weighted by Crippen LogP contribution is -2.29. The zero-order chi connectivity index (χ0) is 20.7. The number of nitrogens with zero attached hydrogens (tertiary/aromatic N) is 2. The lowest BCUT2D eigenvalue weighted by Gasteiger charge is -2.14. The largest absolute Gasteiger partial charge is 0.268 e. The maximum atomic E-state index is 13.5.